The zero-order valence-electron chi connectivity index (χ0n) is 7.81. The summed E-state index contributed by atoms with van der Waals surface area (Å²) in [5.41, 5.74) is -1.16. The van der Waals surface area contributed by atoms with Crippen molar-refractivity contribution in [3.63, 3.8) is 0 Å². The van der Waals surface area contributed by atoms with Gasteiger partial charge in [-0.25, -0.2) is 0 Å². The lowest BCUT2D eigenvalue weighted by Gasteiger charge is -2.12. The maximum Gasteiger partial charge on any atom is 0.417 e. The summed E-state index contributed by atoms with van der Waals surface area (Å²) in [4.78, 5) is 3.33. The minimum absolute atomic E-state index is 0.193. The van der Waals surface area contributed by atoms with Crippen LogP contribution in [0.2, 0.25) is 0 Å². The summed E-state index contributed by atoms with van der Waals surface area (Å²) in [6, 6.07) is 2.98. The molecule has 2 atom stereocenters. The van der Waals surface area contributed by atoms with Gasteiger partial charge in [-0.3, -0.25) is 4.98 Å². The first kappa shape index (κ1) is 12.4. The average molecular weight is 232 g/mol. The number of rotatable bonds is 2. The SMILES string of the molecule is N#CC(O)C(O)c1ccc(C(F)(F)F)cn1. The van der Waals surface area contributed by atoms with Gasteiger partial charge in [0.2, 0.25) is 0 Å². The fourth-order valence-corrected chi connectivity index (χ4v) is 0.980. The maximum absolute atomic E-state index is 12.1. The Balaban J connectivity index is 2.92. The molecule has 0 saturated heterocycles. The highest BCUT2D eigenvalue weighted by Gasteiger charge is 2.31. The first-order valence-corrected chi connectivity index (χ1v) is 4.15. The van der Waals surface area contributed by atoms with Crippen LogP contribution in [0.1, 0.15) is 17.4 Å². The standard InChI is InChI=1S/C9H7F3N2O2/c10-9(11,12)5-1-2-6(14-4-5)8(16)7(15)3-13/h1-2,4,7-8,15-16H. The van der Waals surface area contributed by atoms with E-state index in [4.69, 9.17) is 10.4 Å². The highest BCUT2D eigenvalue weighted by atomic mass is 19.4. The fourth-order valence-electron chi connectivity index (χ4n) is 0.980. The van der Waals surface area contributed by atoms with Crippen molar-refractivity contribution >= 4 is 0 Å². The molecule has 0 aliphatic carbocycles. The molecule has 86 valence electrons. The largest absolute Gasteiger partial charge is 0.417 e. The molecule has 1 heterocycles. The van der Waals surface area contributed by atoms with Gasteiger partial charge in [0.1, 0.15) is 6.10 Å². The summed E-state index contributed by atoms with van der Waals surface area (Å²) >= 11 is 0. The Hall–Kier alpha value is -1.65. The number of hydrogen-bond donors (Lipinski definition) is 2. The van der Waals surface area contributed by atoms with E-state index in [9.17, 15) is 18.3 Å². The molecule has 4 nitrogen and oxygen atoms in total. The van der Waals surface area contributed by atoms with Gasteiger partial charge in [0.05, 0.1) is 17.3 Å². The van der Waals surface area contributed by atoms with E-state index in [0.717, 1.165) is 12.1 Å². The van der Waals surface area contributed by atoms with E-state index < -0.39 is 23.9 Å². The molecule has 1 aromatic heterocycles. The lowest BCUT2D eigenvalue weighted by Crippen LogP contribution is -2.17. The molecule has 2 N–H and O–H groups in total. The van der Waals surface area contributed by atoms with Crippen LogP contribution < -0.4 is 0 Å². The van der Waals surface area contributed by atoms with Gasteiger partial charge in [0.25, 0.3) is 0 Å². The van der Waals surface area contributed by atoms with Crippen LogP contribution in [0.5, 0.6) is 0 Å². The van der Waals surface area contributed by atoms with Crippen molar-refractivity contribution in [1.82, 2.24) is 4.98 Å². The molecule has 1 aromatic rings. The third-order valence-electron chi connectivity index (χ3n) is 1.85. The monoisotopic (exact) mass is 232 g/mol. The molecule has 0 fully saturated rings. The lowest BCUT2D eigenvalue weighted by molar-refractivity contribution is -0.137. The zero-order valence-corrected chi connectivity index (χ0v) is 7.81. The molecule has 0 radical (unpaired) electrons. The van der Waals surface area contributed by atoms with Crippen LogP contribution in [0.15, 0.2) is 18.3 Å². The van der Waals surface area contributed by atoms with Crippen LogP contribution in [0.3, 0.4) is 0 Å². The Labute approximate surface area is 88.6 Å². The van der Waals surface area contributed by atoms with Gasteiger partial charge in [0.15, 0.2) is 6.10 Å². The van der Waals surface area contributed by atoms with Gasteiger partial charge in [-0.15, -0.1) is 0 Å². The molecular formula is C9H7F3N2O2. The molecule has 0 aliphatic heterocycles. The van der Waals surface area contributed by atoms with Crippen LogP contribution in [-0.4, -0.2) is 21.3 Å². The number of halogens is 3. The van der Waals surface area contributed by atoms with E-state index in [0.29, 0.717) is 6.20 Å². The second kappa shape index (κ2) is 4.47. The molecular weight excluding hydrogens is 225 g/mol. The average Bonchev–Trinajstić information content (AvgIpc) is 2.26. The smallest absolute Gasteiger partial charge is 0.383 e. The third-order valence-corrected chi connectivity index (χ3v) is 1.85. The van der Waals surface area contributed by atoms with Gasteiger partial charge in [-0.2, -0.15) is 18.4 Å². The zero-order chi connectivity index (χ0) is 12.3. The van der Waals surface area contributed by atoms with Crippen molar-refractivity contribution in [2.24, 2.45) is 0 Å². The van der Waals surface area contributed by atoms with Gasteiger partial charge >= 0.3 is 6.18 Å². The van der Waals surface area contributed by atoms with Crippen molar-refractivity contribution in [3.8, 4) is 6.07 Å². The highest BCUT2D eigenvalue weighted by Crippen LogP contribution is 2.29. The Kier molecular flexibility index (Phi) is 3.47. The van der Waals surface area contributed by atoms with Gasteiger partial charge < -0.3 is 10.2 Å². The normalized spacial score (nSPS) is 15.2. The molecule has 0 aliphatic rings. The Morgan fingerprint density at radius 1 is 1.31 bits per heavy atom. The summed E-state index contributed by atoms with van der Waals surface area (Å²) in [7, 11) is 0. The van der Waals surface area contributed by atoms with Crippen molar-refractivity contribution in [3.05, 3.63) is 29.6 Å². The second-order valence-electron chi connectivity index (χ2n) is 2.99. The molecule has 7 heteroatoms. The number of nitriles is 1. The molecule has 1 rings (SSSR count). The van der Waals surface area contributed by atoms with E-state index in [1.165, 1.54) is 6.07 Å². The van der Waals surface area contributed by atoms with Crippen LogP contribution in [0.25, 0.3) is 0 Å². The van der Waals surface area contributed by atoms with E-state index in [1.54, 1.807) is 0 Å². The van der Waals surface area contributed by atoms with Gasteiger partial charge in [-0.05, 0) is 12.1 Å². The third kappa shape index (κ3) is 2.68. The molecule has 0 spiro atoms. The number of aliphatic hydroxyl groups excluding tert-OH is 2. The second-order valence-corrected chi connectivity index (χ2v) is 2.99. The number of pyridine rings is 1. The summed E-state index contributed by atoms with van der Waals surface area (Å²) in [5, 5.41) is 26.5. The number of aromatic nitrogens is 1. The molecule has 0 aromatic carbocycles. The molecule has 2 unspecified atom stereocenters. The Morgan fingerprint density at radius 3 is 2.31 bits per heavy atom. The van der Waals surface area contributed by atoms with E-state index in [2.05, 4.69) is 4.98 Å². The summed E-state index contributed by atoms with van der Waals surface area (Å²) < 4.78 is 36.4. The molecule has 0 bridgehead atoms. The first-order valence-electron chi connectivity index (χ1n) is 4.15. The first-order chi connectivity index (χ1) is 7.36. The molecule has 0 saturated carbocycles. The van der Waals surface area contributed by atoms with Crippen LogP contribution >= 0.6 is 0 Å². The van der Waals surface area contributed by atoms with Crippen LogP contribution in [-0.2, 0) is 6.18 Å². The van der Waals surface area contributed by atoms with Crippen LogP contribution in [0.4, 0.5) is 13.2 Å². The Bertz CT molecular complexity index is 397. The minimum Gasteiger partial charge on any atom is -0.383 e. The number of nitrogens with zero attached hydrogens (tertiary/aromatic N) is 2. The number of alkyl halides is 3. The Morgan fingerprint density at radius 2 is 1.94 bits per heavy atom. The summed E-state index contributed by atoms with van der Waals surface area (Å²) in [5.74, 6) is 0. The predicted molar refractivity (Wildman–Crippen MR) is 45.8 cm³/mol. The van der Waals surface area contributed by atoms with Crippen molar-refractivity contribution in [2.75, 3.05) is 0 Å². The predicted octanol–water partition coefficient (Wildman–Crippen LogP) is 1.02. The quantitative estimate of drug-likeness (QED) is 0.746. The minimum atomic E-state index is -4.51. The van der Waals surface area contributed by atoms with E-state index in [1.807, 2.05) is 0 Å². The topological polar surface area (TPSA) is 77.1 Å². The van der Waals surface area contributed by atoms with Gasteiger partial charge in [-0.1, -0.05) is 0 Å². The molecule has 0 amide bonds. The molecule has 16 heavy (non-hydrogen) atoms. The van der Waals surface area contributed by atoms with Crippen molar-refractivity contribution in [1.29, 1.82) is 5.26 Å². The van der Waals surface area contributed by atoms with Crippen molar-refractivity contribution < 1.29 is 23.4 Å². The number of hydrogen-bond acceptors (Lipinski definition) is 4. The van der Waals surface area contributed by atoms with Gasteiger partial charge in [0, 0.05) is 6.20 Å². The highest BCUT2D eigenvalue weighted by molar-refractivity contribution is 5.19. The van der Waals surface area contributed by atoms with Crippen LogP contribution in [0, 0.1) is 11.3 Å². The summed E-state index contributed by atoms with van der Waals surface area (Å²) in [6.45, 7) is 0. The van der Waals surface area contributed by atoms with E-state index in [-0.39, 0.29) is 5.69 Å². The van der Waals surface area contributed by atoms with Crippen molar-refractivity contribution in [2.45, 2.75) is 18.4 Å². The van der Waals surface area contributed by atoms with E-state index >= 15 is 0 Å². The lowest BCUT2D eigenvalue weighted by atomic mass is 10.1. The summed E-state index contributed by atoms with van der Waals surface area (Å²) in [6.07, 6.45) is -7.32. The fraction of sp³-hybridized carbons (Fsp3) is 0.333. The number of aliphatic hydroxyl groups is 2. The maximum atomic E-state index is 12.1.